The average molecular weight is 536 g/mol. The van der Waals surface area contributed by atoms with Crippen LogP contribution in [0.25, 0.3) is 0 Å². The standard InChI is InChI=1S/C19H33N7O11/c1-10(28)15-18(34)21-4-5-36-6-7-37-9-13(29)22-12(8-27)17(33)25-24-16(32)11(2-3-14(30)31)23-19(35)26(15)20/h10-12,15,27-28H,2-9,20H2,1H3,(H,21,34)(H,22,29)(H,23,35)(H,24,32)(H,25,33)(H,30,31)/t10?,11-,12-,15-/m0/s1. The Hall–Kier alpha value is -3.58. The Morgan fingerprint density at radius 1 is 1.03 bits per heavy atom. The van der Waals surface area contributed by atoms with E-state index < -0.39 is 85.9 Å². The number of carbonyl (C=O) groups excluding carboxylic acids is 5. The quantitative estimate of drug-likeness (QED) is 0.118. The third-order valence-corrected chi connectivity index (χ3v) is 4.81. The fraction of sp³-hybridized carbons (Fsp3) is 0.684. The lowest BCUT2D eigenvalue weighted by molar-refractivity contribution is -0.137. The molecule has 0 spiro atoms. The first-order chi connectivity index (χ1) is 17.5. The summed E-state index contributed by atoms with van der Waals surface area (Å²) >= 11 is 0. The molecule has 0 aromatic carbocycles. The number of nitrogens with zero attached hydrogens (tertiary/aromatic N) is 1. The second-order valence-corrected chi connectivity index (χ2v) is 7.76. The maximum atomic E-state index is 12.7. The highest BCUT2D eigenvalue weighted by Gasteiger charge is 2.34. The molecule has 210 valence electrons. The molecule has 1 aliphatic heterocycles. The number of aliphatic carboxylic acids is 1. The number of hydrogen-bond donors (Lipinski definition) is 9. The molecule has 0 saturated carbocycles. The lowest BCUT2D eigenvalue weighted by atomic mass is 10.1. The van der Waals surface area contributed by atoms with Crippen LogP contribution in [0.5, 0.6) is 0 Å². The van der Waals surface area contributed by atoms with Gasteiger partial charge < -0.3 is 40.7 Å². The van der Waals surface area contributed by atoms with Gasteiger partial charge in [0.1, 0.15) is 18.7 Å². The molecule has 0 radical (unpaired) electrons. The molecule has 18 nitrogen and oxygen atoms in total. The van der Waals surface area contributed by atoms with Crippen molar-refractivity contribution >= 4 is 35.6 Å². The van der Waals surface area contributed by atoms with E-state index in [0.717, 1.165) is 0 Å². The smallest absolute Gasteiger partial charge is 0.333 e. The average Bonchev–Trinajstić information content (AvgIpc) is 2.83. The van der Waals surface area contributed by atoms with E-state index in [1.807, 2.05) is 10.9 Å². The number of hydrogen-bond acceptors (Lipinski definition) is 11. The van der Waals surface area contributed by atoms with Gasteiger partial charge in [0, 0.05) is 13.0 Å². The van der Waals surface area contributed by atoms with Gasteiger partial charge in [-0.05, 0) is 13.3 Å². The number of carboxylic acids is 1. The Balaban J connectivity index is 3.09. The van der Waals surface area contributed by atoms with Gasteiger partial charge in [0.2, 0.25) is 11.8 Å². The van der Waals surface area contributed by atoms with Crippen LogP contribution < -0.4 is 32.6 Å². The van der Waals surface area contributed by atoms with Crippen LogP contribution in [0.4, 0.5) is 4.79 Å². The van der Waals surface area contributed by atoms with Crippen molar-refractivity contribution in [3.05, 3.63) is 0 Å². The van der Waals surface area contributed by atoms with E-state index in [2.05, 4.69) is 16.0 Å². The number of amides is 6. The zero-order chi connectivity index (χ0) is 28.0. The first-order valence-electron chi connectivity index (χ1n) is 11.1. The van der Waals surface area contributed by atoms with Gasteiger partial charge in [0.05, 0.1) is 32.5 Å². The molecular formula is C19H33N7O11. The minimum Gasteiger partial charge on any atom is -0.481 e. The van der Waals surface area contributed by atoms with Crippen LogP contribution in [0.2, 0.25) is 0 Å². The highest BCUT2D eigenvalue weighted by molar-refractivity contribution is 5.93. The zero-order valence-corrected chi connectivity index (χ0v) is 20.1. The molecule has 1 rings (SSSR count). The second-order valence-electron chi connectivity index (χ2n) is 7.76. The number of ether oxygens (including phenoxy) is 2. The summed E-state index contributed by atoms with van der Waals surface area (Å²) in [4.78, 5) is 72.9. The fourth-order valence-electron chi connectivity index (χ4n) is 2.93. The third kappa shape index (κ3) is 11.3. The van der Waals surface area contributed by atoms with Crippen molar-refractivity contribution in [1.29, 1.82) is 0 Å². The van der Waals surface area contributed by atoms with Gasteiger partial charge in [-0.3, -0.25) is 34.8 Å². The number of aliphatic hydroxyl groups excluding tert-OH is 2. The molecule has 1 saturated heterocycles. The minimum absolute atomic E-state index is 0.00872. The monoisotopic (exact) mass is 535 g/mol. The van der Waals surface area contributed by atoms with E-state index in [1.54, 1.807) is 0 Å². The normalized spacial score (nSPS) is 24.9. The van der Waals surface area contributed by atoms with Gasteiger partial charge in [-0.15, -0.1) is 0 Å². The van der Waals surface area contributed by atoms with Crippen LogP contribution in [0.3, 0.4) is 0 Å². The first kappa shape index (κ1) is 31.4. The summed E-state index contributed by atoms with van der Waals surface area (Å²) in [5.41, 5.74) is 3.89. The number of nitrogens with two attached hydrogens (primary N) is 1. The number of aliphatic hydroxyl groups is 2. The molecule has 0 aromatic rings. The van der Waals surface area contributed by atoms with Gasteiger partial charge >= 0.3 is 12.0 Å². The van der Waals surface area contributed by atoms with Crippen LogP contribution in [0.1, 0.15) is 19.8 Å². The molecule has 1 unspecified atom stereocenters. The van der Waals surface area contributed by atoms with Crippen molar-refractivity contribution < 1.29 is 53.6 Å². The van der Waals surface area contributed by atoms with E-state index in [4.69, 9.17) is 20.4 Å². The molecule has 18 heteroatoms. The Bertz CT molecular complexity index is 826. The third-order valence-electron chi connectivity index (χ3n) is 4.81. The first-order valence-corrected chi connectivity index (χ1v) is 11.1. The molecular weight excluding hydrogens is 502 g/mol. The van der Waals surface area contributed by atoms with Crippen LogP contribution in [-0.4, -0.2) is 120 Å². The number of rotatable bonds is 5. The molecule has 0 aliphatic carbocycles. The van der Waals surface area contributed by atoms with Crippen LogP contribution in [0, 0.1) is 0 Å². The maximum absolute atomic E-state index is 12.7. The fourth-order valence-corrected chi connectivity index (χ4v) is 2.93. The molecule has 0 bridgehead atoms. The second kappa shape index (κ2) is 16.2. The van der Waals surface area contributed by atoms with Gasteiger partial charge in [0.25, 0.3) is 11.8 Å². The number of carbonyl (C=O) groups is 6. The molecule has 1 fully saturated rings. The number of hydrazine groups is 2. The van der Waals surface area contributed by atoms with Crippen LogP contribution >= 0.6 is 0 Å². The van der Waals surface area contributed by atoms with E-state index in [0.29, 0.717) is 5.01 Å². The molecule has 1 aliphatic rings. The summed E-state index contributed by atoms with van der Waals surface area (Å²) in [5.74, 6) is 0.713. The highest BCUT2D eigenvalue weighted by Crippen LogP contribution is 2.05. The maximum Gasteiger partial charge on any atom is 0.333 e. The number of carboxylic acid groups (broad SMARTS) is 1. The number of nitrogens with one attached hydrogen (secondary N) is 5. The Kier molecular flexibility index (Phi) is 13.8. The van der Waals surface area contributed by atoms with Crippen LogP contribution in [-0.2, 0) is 33.4 Å². The van der Waals surface area contributed by atoms with Crippen molar-refractivity contribution in [2.75, 3.05) is 39.6 Å². The molecule has 37 heavy (non-hydrogen) atoms. The van der Waals surface area contributed by atoms with Gasteiger partial charge in [0.15, 0.2) is 6.04 Å². The van der Waals surface area contributed by atoms with Crippen molar-refractivity contribution in [1.82, 2.24) is 31.8 Å². The van der Waals surface area contributed by atoms with E-state index >= 15 is 0 Å². The topological polar surface area (TPSA) is 271 Å². The van der Waals surface area contributed by atoms with E-state index in [-0.39, 0.29) is 26.4 Å². The Labute approximate surface area is 211 Å². The summed E-state index contributed by atoms with van der Waals surface area (Å²) in [6.45, 7) is -0.103. The van der Waals surface area contributed by atoms with Gasteiger partial charge in [-0.25, -0.2) is 15.6 Å². The lowest BCUT2D eigenvalue weighted by Gasteiger charge is -2.30. The molecule has 10 N–H and O–H groups in total. The van der Waals surface area contributed by atoms with Gasteiger partial charge in [-0.1, -0.05) is 0 Å². The molecule has 6 amide bonds. The van der Waals surface area contributed by atoms with Gasteiger partial charge in [-0.2, -0.15) is 0 Å². The van der Waals surface area contributed by atoms with Crippen molar-refractivity contribution in [3.63, 3.8) is 0 Å². The Morgan fingerprint density at radius 3 is 2.24 bits per heavy atom. The largest absolute Gasteiger partial charge is 0.481 e. The molecule has 4 atom stereocenters. The summed E-state index contributed by atoms with van der Waals surface area (Å²) < 4.78 is 10.3. The molecule has 0 aromatic heterocycles. The minimum atomic E-state index is -1.59. The summed E-state index contributed by atoms with van der Waals surface area (Å²) in [7, 11) is 0. The Morgan fingerprint density at radius 2 is 1.65 bits per heavy atom. The lowest BCUT2D eigenvalue weighted by Crippen LogP contribution is -2.63. The zero-order valence-electron chi connectivity index (χ0n) is 20.1. The van der Waals surface area contributed by atoms with E-state index in [9.17, 15) is 39.0 Å². The van der Waals surface area contributed by atoms with E-state index in [1.165, 1.54) is 6.92 Å². The van der Waals surface area contributed by atoms with Crippen molar-refractivity contribution in [2.45, 2.75) is 44.0 Å². The van der Waals surface area contributed by atoms with Crippen molar-refractivity contribution in [2.24, 2.45) is 5.84 Å². The SMILES string of the molecule is CC(O)[C@H]1C(=O)NCCOCCOCC(=O)N[C@@H](CO)C(=O)NNC(=O)[C@H](CCC(=O)O)NC(=O)N1N. The predicted molar refractivity (Wildman–Crippen MR) is 121 cm³/mol. The highest BCUT2D eigenvalue weighted by atomic mass is 16.5. The van der Waals surface area contributed by atoms with Crippen molar-refractivity contribution in [3.8, 4) is 0 Å². The number of urea groups is 1. The predicted octanol–water partition coefficient (Wildman–Crippen LogP) is -5.36. The summed E-state index contributed by atoms with van der Waals surface area (Å²) in [5, 5.41) is 35.4. The van der Waals surface area contributed by atoms with Crippen LogP contribution in [0.15, 0.2) is 0 Å². The summed E-state index contributed by atoms with van der Waals surface area (Å²) in [6, 6.07) is -5.84. The summed E-state index contributed by atoms with van der Waals surface area (Å²) in [6.07, 6.45) is -2.47. The molecule has 1 heterocycles.